The number of hydrogen-bond donors (Lipinski definition) is 0. The average Bonchev–Trinajstić information content (AvgIpc) is 2.43. The van der Waals surface area contributed by atoms with Gasteiger partial charge in [-0.05, 0) is 64.3 Å². The highest BCUT2D eigenvalue weighted by Gasteiger charge is 2.36. The molecule has 2 unspecified atom stereocenters. The van der Waals surface area contributed by atoms with E-state index in [4.69, 9.17) is 8.85 Å². The smallest absolute Gasteiger partial charge is 0.186 e. The Morgan fingerprint density at radius 2 is 0.958 bits per heavy atom. The fourth-order valence-corrected chi connectivity index (χ4v) is 5.40. The van der Waals surface area contributed by atoms with E-state index in [9.17, 15) is 10.5 Å². The van der Waals surface area contributed by atoms with Gasteiger partial charge in [0.05, 0.1) is 0 Å². The maximum Gasteiger partial charge on any atom is 0.186 e. The number of hydrogen-bond acceptors (Lipinski definition) is 4. The molecule has 0 aliphatic carbocycles. The van der Waals surface area contributed by atoms with Crippen LogP contribution in [-0.4, -0.2) is 16.6 Å². The molecule has 0 aliphatic rings. The lowest BCUT2D eigenvalue weighted by molar-refractivity contribution is 0.137. The van der Waals surface area contributed by atoms with Crippen LogP contribution in [0.5, 0.6) is 0 Å². The van der Waals surface area contributed by atoms with Crippen molar-refractivity contribution in [2.75, 3.05) is 0 Å². The zero-order valence-electron chi connectivity index (χ0n) is 16.0. The fraction of sp³-hybridized carbons (Fsp3) is 0.556. The molecule has 0 N–H and O–H groups in total. The van der Waals surface area contributed by atoms with Gasteiger partial charge in [-0.1, -0.05) is 24.3 Å². The topological polar surface area (TPSA) is 66.0 Å². The second-order valence-corrected chi connectivity index (χ2v) is 17.2. The molecule has 0 amide bonds. The molecule has 0 aliphatic heterocycles. The zero-order chi connectivity index (χ0) is 18.8. The third kappa shape index (κ3) is 5.29. The molecule has 1 aromatic carbocycles. The number of benzene rings is 1. The van der Waals surface area contributed by atoms with Crippen molar-refractivity contribution in [2.24, 2.45) is 0 Å². The Labute approximate surface area is 148 Å². The summed E-state index contributed by atoms with van der Waals surface area (Å²) in [7, 11) is -3.76. The van der Waals surface area contributed by atoms with Crippen LogP contribution >= 0.6 is 0 Å². The molecule has 6 heteroatoms. The SMILES string of the molecule is CC(C#N)(O[Si](C)(C)C)c1ccc(C(C)(C#N)O[Si](C)(C)C)cc1. The van der Waals surface area contributed by atoms with Gasteiger partial charge in [-0.3, -0.25) is 0 Å². The first kappa shape index (κ1) is 20.6. The van der Waals surface area contributed by atoms with Gasteiger partial charge < -0.3 is 8.85 Å². The first-order valence-electron chi connectivity index (χ1n) is 8.09. The molecule has 0 radical (unpaired) electrons. The van der Waals surface area contributed by atoms with Gasteiger partial charge in [0.1, 0.15) is 12.1 Å². The summed E-state index contributed by atoms with van der Waals surface area (Å²) in [4.78, 5) is 0. The van der Waals surface area contributed by atoms with Crippen LogP contribution in [0.2, 0.25) is 39.3 Å². The first-order chi connectivity index (χ1) is 10.7. The van der Waals surface area contributed by atoms with Crippen LogP contribution < -0.4 is 0 Å². The van der Waals surface area contributed by atoms with Gasteiger partial charge >= 0.3 is 0 Å². The Morgan fingerprint density at radius 1 is 0.708 bits per heavy atom. The van der Waals surface area contributed by atoms with Gasteiger partial charge in [0.2, 0.25) is 0 Å². The maximum absolute atomic E-state index is 9.61. The number of rotatable bonds is 6. The molecule has 4 nitrogen and oxygen atoms in total. The molecule has 130 valence electrons. The molecule has 0 saturated heterocycles. The van der Waals surface area contributed by atoms with Crippen LogP contribution in [0.15, 0.2) is 24.3 Å². The molecule has 24 heavy (non-hydrogen) atoms. The Balaban J connectivity index is 3.21. The molecule has 0 fully saturated rings. The van der Waals surface area contributed by atoms with E-state index in [2.05, 4.69) is 51.4 Å². The van der Waals surface area contributed by atoms with Crippen molar-refractivity contribution in [2.45, 2.75) is 64.3 Å². The van der Waals surface area contributed by atoms with Crippen molar-refractivity contribution >= 4 is 16.6 Å². The third-order valence-corrected chi connectivity index (χ3v) is 5.48. The summed E-state index contributed by atoms with van der Waals surface area (Å²) in [6, 6.07) is 12.0. The van der Waals surface area contributed by atoms with Gasteiger partial charge in [-0.25, -0.2) is 0 Å². The van der Waals surface area contributed by atoms with E-state index in [1.54, 1.807) is 13.8 Å². The lowest BCUT2D eigenvalue weighted by Crippen LogP contribution is -2.38. The van der Waals surface area contributed by atoms with Crippen molar-refractivity contribution in [1.82, 2.24) is 0 Å². The van der Waals surface area contributed by atoms with E-state index in [0.717, 1.165) is 11.1 Å². The molecule has 0 aromatic heterocycles. The fourth-order valence-electron chi connectivity index (χ4n) is 2.62. The molecular formula is C18H28N2O2Si2. The standard InChI is InChI=1S/C18H28N2O2Si2/c1-17(13-19,21-23(3,4)5)15-9-11-16(12-10-15)18(2,14-20)22-24(6,7)8/h9-12H,1-8H3. The van der Waals surface area contributed by atoms with Gasteiger partial charge in [-0.15, -0.1) is 0 Å². The Bertz CT molecular complexity index is 604. The summed E-state index contributed by atoms with van der Waals surface area (Å²) in [6.07, 6.45) is 0. The summed E-state index contributed by atoms with van der Waals surface area (Å²) in [6.45, 7) is 16.0. The normalized spacial score (nSPS) is 17.2. The van der Waals surface area contributed by atoms with Crippen LogP contribution in [-0.2, 0) is 20.1 Å². The van der Waals surface area contributed by atoms with Gasteiger partial charge in [0.25, 0.3) is 0 Å². The van der Waals surface area contributed by atoms with Gasteiger partial charge in [-0.2, -0.15) is 10.5 Å². The van der Waals surface area contributed by atoms with Gasteiger partial charge in [0.15, 0.2) is 27.8 Å². The minimum Gasteiger partial charge on any atom is -0.397 e. The molecule has 0 bridgehead atoms. The van der Waals surface area contributed by atoms with Crippen molar-refractivity contribution in [3.8, 4) is 12.1 Å². The minimum atomic E-state index is -1.88. The van der Waals surface area contributed by atoms with Crippen LogP contribution in [0.4, 0.5) is 0 Å². The molecule has 1 rings (SSSR count). The highest BCUT2D eigenvalue weighted by atomic mass is 28.4. The molecule has 0 saturated carbocycles. The van der Waals surface area contributed by atoms with Crippen molar-refractivity contribution in [3.05, 3.63) is 35.4 Å². The largest absolute Gasteiger partial charge is 0.397 e. The van der Waals surface area contributed by atoms with Crippen molar-refractivity contribution < 1.29 is 8.85 Å². The number of nitrogens with zero attached hydrogens (tertiary/aromatic N) is 2. The Hall–Kier alpha value is -1.45. The van der Waals surface area contributed by atoms with Crippen molar-refractivity contribution in [3.63, 3.8) is 0 Å². The van der Waals surface area contributed by atoms with E-state index < -0.39 is 27.8 Å². The summed E-state index contributed by atoms with van der Waals surface area (Å²) >= 11 is 0. The summed E-state index contributed by atoms with van der Waals surface area (Å²) in [5.74, 6) is 0. The Morgan fingerprint density at radius 3 is 1.12 bits per heavy atom. The van der Waals surface area contributed by atoms with Crippen LogP contribution in [0, 0.1) is 22.7 Å². The molecule has 1 aromatic rings. The first-order valence-corrected chi connectivity index (χ1v) is 14.9. The second kappa shape index (κ2) is 6.81. The van der Waals surface area contributed by atoms with E-state index in [-0.39, 0.29) is 0 Å². The predicted octanol–water partition coefficient (Wildman–Crippen LogP) is 4.87. The van der Waals surface area contributed by atoms with Crippen LogP contribution in [0.3, 0.4) is 0 Å². The van der Waals surface area contributed by atoms with E-state index in [1.165, 1.54) is 0 Å². The third-order valence-electron chi connectivity index (χ3n) is 3.43. The molecule has 0 spiro atoms. The summed E-state index contributed by atoms with van der Waals surface area (Å²) in [5, 5.41) is 19.2. The predicted molar refractivity (Wildman–Crippen MR) is 101 cm³/mol. The lowest BCUT2D eigenvalue weighted by atomic mass is 9.92. The van der Waals surface area contributed by atoms with E-state index in [0.29, 0.717) is 0 Å². The number of nitriles is 2. The second-order valence-electron chi connectivity index (χ2n) is 8.30. The van der Waals surface area contributed by atoms with E-state index >= 15 is 0 Å². The zero-order valence-corrected chi connectivity index (χ0v) is 18.0. The average molecular weight is 361 g/mol. The highest BCUT2D eigenvalue weighted by molar-refractivity contribution is 6.70. The minimum absolute atomic E-state index is 0.796. The molecular weight excluding hydrogens is 332 g/mol. The van der Waals surface area contributed by atoms with Crippen LogP contribution in [0.25, 0.3) is 0 Å². The Kier molecular flexibility index (Phi) is 5.85. The van der Waals surface area contributed by atoms with E-state index in [1.807, 2.05) is 24.3 Å². The highest BCUT2D eigenvalue weighted by Crippen LogP contribution is 2.33. The lowest BCUT2D eigenvalue weighted by Gasteiger charge is -2.33. The quantitative estimate of drug-likeness (QED) is 0.679. The molecule has 0 heterocycles. The van der Waals surface area contributed by atoms with Crippen LogP contribution in [0.1, 0.15) is 25.0 Å². The summed E-state index contributed by atoms with van der Waals surface area (Å²) in [5.41, 5.74) is -0.369. The monoisotopic (exact) mass is 360 g/mol. The molecule has 2 atom stereocenters. The summed E-state index contributed by atoms with van der Waals surface area (Å²) < 4.78 is 12.2. The maximum atomic E-state index is 9.61. The van der Waals surface area contributed by atoms with Gasteiger partial charge in [0, 0.05) is 0 Å². The van der Waals surface area contributed by atoms with Crippen molar-refractivity contribution in [1.29, 1.82) is 10.5 Å².